The first-order chi connectivity index (χ1) is 12.0. The lowest BCUT2D eigenvalue weighted by atomic mass is 10.1. The Labute approximate surface area is 178 Å². The molecule has 0 radical (unpaired) electrons. The summed E-state index contributed by atoms with van der Waals surface area (Å²) in [7, 11) is 3.47. The van der Waals surface area contributed by atoms with E-state index in [1.807, 2.05) is 0 Å². The van der Waals surface area contributed by atoms with Crippen molar-refractivity contribution in [3.63, 3.8) is 0 Å². The third kappa shape index (κ3) is 12.5. The van der Waals surface area contributed by atoms with Gasteiger partial charge in [-0.25, -0.2) is 4.99 Å². The summed E-state index contributed by atoms with van der Waals surface area (Å²) >= 11 is 1.74. The smallest absolute Gasteiger partial charge is 0.243 e. The molecule has 0 fully saturated rings. The molecule has 8 heteroatoms. The van der Waals surface area contributed by atoms with Crippen LogP contribution in [0.4, 0.5) is 0 Å². The molecule has 2 N–H and O–H groups in total. The first kappa shape index (κ1) is 25.1. The molecule has 0 bridgehead atoms. The van der Waals surface area contributed by atoms with Crippen molar-refractivity contribution in [3.8, 4) is 0 Å². The van der Waals surface area contributed by atoms with Crippen molar-refractivity contribution >= 4 is 47.2 Å². The van der Waals surface area contributed by atoms with Crippen molar-refractivity contribution in [1.82, 2.24) is 15.5 Å². The zero-order chi connectivity index (χ0) is 18.5. The van der Waals surface area contributed by atoms with Crippen molar-refractivity contribution in [2.75, 3.05) is 46.9 Å². The molecular weight excluding hydrogens is 463 g/mol. The van der Waals surface area contributed by atoms with Gasteiger partial charge in [-0.05, 0) is 30.2 Å². The largest absolute Gasteiger partial charge is 0.380 e. The Balaban J connectivity index is 0.00000625. The van der Waals surface area contributed by atoms with E-state index in [4.69, 9.17) is 4.74 Å². The van der Waals surface area contributed by atoms with E-state index in [1.165, 1.54) is 4.88 Å². The maximum atomic E-state index is 11.7. The Bertz CT molecular complexity index is 507. The first-order valence-electron chi connectivity index (χ1n) is 8.81. The number of thiophene rings is 1. The first-order valence-corrected chi connectivity index (χ1v) is 9.69. The Hall–Kier alpha value is -0.870. The number of nitrogens with zero attached hydrogens (tertiary/aromatic N) is 2. The van der Waals surface area contributed by atoms with Gasteiger partial charge in [0.25, 0.3) is 0 Å². The van der Waals surface area contributed by atoms with E-state index < -0.39 is 0 Å². The minimum Gasteiger partial charge on any atom is -0.380 e. The molecule has 1 heterocycles. The number of ether oxygens (including phenoxy) is 1. The molecule has 0 aliphatic rings. The van der Waals surface area contributed by atoms with Gasteiger partial charge in [0.15, 0.2) is 5.96 Å². The van der Waals surface area contributed by atoms with Gasteiger partial charge >= 0.3 is 0 Å². The van der Waals surface area contributed by atoms with Crippen molar-refractivity contribution in [2.24, 2.45) is 10.9 Å². The molecule has 0 aliphatic heterocycles. The second-order valence-electron chi connectivity index (χ2n) is 6.43. The topological polar surface area (TPSA) is 66.0 Å². The van der Waals surface area contributed by atoms with Crippen molar-refractivity contribution in [1.29, 1.82) is 0 Å². The van der Waals surface area contributed by atoms with E-state index in [1.54, 1.807) is 30.3 Å². The van der Waals surface area contributed by atoms with Crippen LogP contribution in [-0.4, -0.2) is 63.7 Å². The SMILES string of the molecule is CC(C)CCOCCNC(=NCC(=O)N(C)C)NCCc1cccs1.I. The molecule has 26 heavy (non-hydrogen) atoms. The number of halogens is 1. The van der Waals surface area contributed by atoms with Gasteiger partial charge in [0.2, 0.25) is 5.91 Å². The van der Waals surface area contributed by atoms with Gasteiger partial charge < -0.3 is 20.3 Å². The highest BCUT2D eigenvalue weighted by molar-refractivity contribution is 14.0. The standard InChI is InChI=1S/C18H32N4O2S.HI/c1-15(2)8-11-24-12-10-20-18(21-14-17(23)22(3)4)19-9-7-16-6-5-13-25-16;/h5-6,13,15H,7-12,14H2,1-4H3,(H2,19,20,21);1H. The molecule has 0 atom stereocenters. The monoisotopic (exact) mass is 496 g/mol. The molecule has 0 aromatic carbocycles. The van der Waals surface area contributed by atoms with Gasteiger partial charge in [-0.15, -0.1) is 35.3 Å². The van der Waals surface area contributed by atoms with Crippen molar-refractivity contribution < 1.29 is 9.53 Å². The minimum atomic E-state index is -0.0208. The second-order valence-corrected chi connectivity index (χ2v) is 7.46. The predicted octanol–water partition coefficient (Wildman–Crippen LogP) is 2.59. The van der Waals surface area contributed by atoms with Crippen molar-refractivity contribution in [3.05, 3.63) is 22.4 Å². The number of likely N-dealkylation sites (N-methyl/N-ethyl adjacent to an activating group) is 1. The highest BCUT2D eigenvalue weighted by Gasteiger charge is 2.05. The average molecular weight is 496 g/mol. The van der Waals surface area contributed by atoms with Crippen LogP contribution >= 0.6 is 35.3 Å². The molecule has 1 amide bonds. The highest BCUT2D eigenvalue weighted by atomic mass is 127. The molecule has 1 aromatic heterocycles. The maximum absolute atomic E-state index is 11.7. The summed E-state index contributed by atoms with van der Waals surface area (Å²) in [6.45, 7) is 7.35. The van der Waals surface area contributed by atoms with E-state index in [-0.39, 0.29) is 36.4 Å². The number of aliphatic imine (C=N–C) groups is 1. The van der Waals surface area contributed by atoms with Crippen LogP contribution in [-0.2, 0) is 16.0 Å². The molecular formula is C18H33IN4O2S. The Morgan fingerprint density at radius 1 is 1.27 bits per heavy atom. The van der Waals surface area contributed by atoms with E-state index in [0.29, 0.717) is 25.0 Å². The predicted molar refractivity (Wildman–Crippen MR) is 121 cm³/mol. The number of carbonyl (C=O) groups is 1. The molecule has 0 spiro atoms. The lowest BCUT2D eigenvalue weighted by Crippen LogP contribution is -2.41. The quantitative estimate of drug-likeness (QED) is 0.214. The van der Waals surface area contributed by atoms with Gasteiger partial charge in [-0.1, -0.05) is 19.9 Å². The zero-order valence-corrected chi connectivity index (χ0v) is 19.4. The minimum absolute atomic E-state index is 0. The molecule has 0 saturated heterocycles. The summed E-state index contributed by atoms with van der Waals surface area (Å²) in [5, 5.41) is 8.59. The molecule has 6 nitrogen and oxygen atoms in total. The maximum Gasteiger partial charge on any atom is 0.243 e. The average Bonchev–Trinajstić information content (AvgIpc) is 3.07. The lowest BCUT2D eigenvalue weighted by Gasteiger charge is -2.14. The van der Waals surface area contributed by atoms with Crippen molar-refractivity contribution in [2.45, 2.75) is 26.7 Å². The van der Waals surface area contributed by atoms with Gasteiger partial charge in [-0.2, -0.15) is 0 Å². The van der Waals surface area contributed by atoms with Gasteiger partial charge in [0.05, 0.1) is 6.61 Å². The number of rotatable bonds is 11. The third-order valence-electron chi connectivity index (χ3n) is 3.49. The summed E-state index contributed by atoms with van der Waals surface area (Å²) in [5.41, 5.74) is 0. The Kier molecular flexibility index (Phi) is 14.7. The summed E-state index contributed by atoms with van der Waals surface area (Å²) in [6.07, 6.45) is 2.00. The number of nitrogens with one attached hydrogen (secondary N) is 2. The summed E-state index contributed by atoms with van der Waals surface area (Å²) < 4.78 is 5.60. The van der Waals surface area contributed by atoms with Crippen LogP contribution in [0.5, 0.6) is 0 Å². The third-order valence-corrected chi connectivity index (χ3v) is 4.43. The number of hydrogen-bond donors (Lipinski definition) is 2. The van der Waals surface area contributed by atoms with Gasteiger partial charge in [-0.3, -0.25) is 4.79 Å². The normalized spacial score (nSPS) is 11.2. The summed E-state index contributed by atoms with van der Waals surface area (Å²) in [5.74, 6) is 1.29. The summed E-state index contributed by atoms with van der Waals surface area (Å²) in [6, 6.07) is 4.17. The Morgan fingerprint density at radius 2 is 2.00 bits per heavy atom. The number of amides is 1. The van der Waals surface area contributed by atoms with Crippen LogP contribution < -0.4 is 10.6 Å². The van der Waals surface area contributed by atoms with Gasteiger partial charge in [0, 0.05) is 38.7 Å². The number of hydrogen-bond acceptors (Lipinski definition) is 4. The highest BCUT2D eigenvalue weighted by Crippen LogP contribution is 2.07. The van der Waals surface area contributed by atoms with E-state index in [9.17, 15) is 4.79 Å². The Morgan fingerprint density at radius 3 is 2.62 bits per heavy atom. The number of carbonyl (C=O) groups excluding carboxylic acids is 1. The zero-order valence-electron chi connectivity index (χ0n) is 16.3. The molecule has 150 valence electrons. The van der Waals surface area contributed by atoms with Crippen LogP contribution in [0.3, 0.4) is 0 Å². The van der Waals surface area contributed by atoms with E-state index >= 15 is 0 Å². The van der Waals surface area contributed by atoms with Crippen LogP contribution in [0.2, 0.25) is 0 Å². The van der Waals surface area contributed by atoms with E-state index in [0.717, 1.165) is 26.0 Å². The molecule has 0 unspecified atom stereocenters. The fourth-order valence-electron chi connectivity index (χ4n) is 1.88. The van der Waals surface area contributed by atoms with Crippen LogP contribution in [0.1, 0.15) is 25.1 Å². The fraction of sp³-hybridized carbons (Fsp3) is 0.667. The molecule has 1 aromatic rings. The van der Waals surface area contributed by atoms with Crippen LogP contribution in [0, 0.1) is 5.92 Å². The molecule has 1 rings (SSSR count). The summed E-state index contributed by atoms with van der Waals surface area (Å²) in [4.78, 5) is 19.0. The number of guanidine groups is 1. The van der Waals surface area contributed by atoms with Crippen LogP contribution in [0.25, 0.3) is 0 Å². The fourth-order valence-corrected chi connectivity index (χ4v) is 2.59. The second kappa shape index (κ2) is 15.2. The van der Waals surface area contributed by atoms with Gasteiger partial charge in [0.1, 0.15) is 6.54 Å². The van der Waals surface area contributed by atoms with E-state index in [2.05, 4.69) is 47.0 Å². The molecule has 0 saturated carbocycles. The van der Waals surface area contributed by atoms with Crippen LogP contribution in [0.15, 0.2) is 22.5 Å². The lowest BCUT2D eigenvalue weighted by molar-refractivity contribution is -0.127. The molecule has 0 aliphatic carbocycles.